The Kier molecular flexibility index (Phi) is 1.75. The van der Waals surface area contributed by atoms with Crippen LogP contribution in [-0.2, 0) is 0 Å². The van der Waals surface area contributed by atoms with Gasteiger partial charge in [0.05, 0.1) is 0 Å². The van der Waals surface area contributed by atoms with E-state index in [1.165, 1.54) is 17.1 Å². The van der Waals surface area contributed by atoms with Gasteiger partial charge in [-0.15, -0.1) is 0 Å². The average molecular weight is 195 g/mol. The number of aromatic nitrogens is 3. The van der Waals surface area contributed by atoms with Gasteiger partial charge in [0.1, 0.15) is 6.33 Å². The molecule has 0 bridgehead atoms. The standard InChI is InChI=1S/C12H9N3/c1-2-6-10-9(4-1)5-3-7-11(10)12-13-8-14-15-12/h1-8H,(H,13,14,15). The normalized spacial score (nSPS) is 10.7. The second-order valence-electron chi connectivity index (χ2n) is 3.36. The van der Waals surface area contributed by atoms with Crippen LogP contribution >= 0.6 is 0 Å². The lowest BCUT2D eigenvalue weighted by atomic mass is 10.0. The van der Waals surface area contributed by atoms with Crippen LogP contribution in [0.3, 0.4) is 0 Å². The molecule has 2 aromatic carbocycles. The summed E-state index contributed by atoms with van der Waals surface area (Å²) in [5, 5.41) is 9.16. The highest BCUT2D eigenvalue weighted by molar-refractivity contribution is 5.94. The molecule has 0 aliphatic rings. The molecule has 15 heavy (non-hydrogen) atoms. The van der Waals surface area contributed by atoms with Crippen LogP contribution in [0.25, 0.3) is 22.2 Å². The lowest BCUT2D eigenvalue weighted by Gasteiger charge is -2.02. The van der Waals surface area contributed by atoms with Gasteiger partial charge in [0.25, 0.3) is 0 Å². The molecular formula is C12H9N3. The third-order valence-corrected chi connectivity index (χ3v) is 2.46. The number of rotatable bonds is 1. The fourth-order valence-electron chi connectivity index (χ4n) is 1.77. The smallest absolute Gasteiger partial charge is 0.156 e. The van der Waals surface area contributed by atoms with Gasteiger partial charge in [0.15, 0.2) is 5.82 Å². The van der Waals surface area contributed by atoms with Crippen LogP contribution < -0.4 is 0 Å². The molecule has 3 aromatic rings. The molecule has 0 fully saturated rings. The van der Waals surface area contributed by atoms with Gasteiger partial charge in [0, 0.05) is 5.56 Å². The van der Waals surface area contributed by atoms with E-state index < -0.39 is 0 Å². The van der Waals surface area contributed by atoms with Gasteiger partial charge in [-0.2, -0.15) is 5.10 Å². The summed E-state index contributed by atoms with van der Waals surface area (Å²) in [4.78, 5) is 4.17. The third-order valence-electron chi connectivity index (χ3n) is 2.46. The van der Waals surface area contributed by atoms with Crippen molar-refractivity contribution < 1.29 is 0 Å². The van der Waals surface area contributed by atoms with Gasteiger partial charge in [0.2, 0.25) is 0 Å². The maximum atomic E-state index is 4.17. The van der Waals surface area contributed by atoms with Crippen molar-refractivity contribution in [2.75, 3.05) is 0 Å². The van der Waals surface area contributed by atoms with Crippen LogP contribution in [0, 0.1) is 0 Å². The second kappa shape index (κ2) is 3.20. The van der Waals surface area contributed by atoms with E-state index >= 15 is 0 Å². The Bertz CT molecular complexity index is 579. The number of fused-ring (bicyclic) bond motifs is 1. The van der Waals surface area contributed by atoms with E-state index in [9.17, 15) is 0 Å². The molecule has 3 rings (SSSR count). The topological polar surface area (TPSA) is 41.6 Å². The zero-order chi connectivity index (χ0) is 10.1. The fourth-order valence-corrected chi connectivity index (χ4v) is 1.77. The molecule has 1 N–H and O–H groups in total. The van der Waals surface area contributed by atoms with Crippen LogP contribution in [0.5, 0.6) is 0 Å². The molecular weight excluding hydrogens is 186 g/mol. The van der Waals surface area contributed by atoms with E-state index in [4.69, 9.17) is 0 Å². The van der Waals surface area contributed by atoms with E-state index in [2.05, 4.69) is 33.4 Å². The zero-order valence-electron chi connectivity index (χ0n) is 8.01. The van der Waals surface area contributed by atoms with Crippen molar-refractivity contribution in [2.45, 2.75) is 0 Å². The zero-order valence-corrected chi connectivity index (χ0v) is 8.01. The van der Waals surface area contributed by atoms with E-state index in [0.717, 1.165) is 11.4 Å². The Morgan fingerprint density at radius 1 is 0.933 bits per heavy atom. The summed E-state index contributed by atoms with van der Waals surface area (Å²) in [7, 11) is 0. The maximum Gasteiger partial charge on any atom is 0.156 e. The molecule has 0 saturated carbocycles. The molecule has 0 aliphatic carbocycles. The van der Waals surface area contributed by atoms with E-state index in [1.54, 1.807) is 0 Å². The van der Waals surface area contributed by atoms with Crippen molar-refractivity contribution in [3.05, 3.63) is 48.8 Å². The largest absolute Gasteiger partial charge is 0.259 e. The molecule has 0 aliphatic heterocycles. The number of aromatic amines is 1. The van der Waals surface area contributed by atoms with Crippen LogP contribution in [0.4, 0.5) is 0 Å². The Morgan fingerprint density at radius 3 is 2.67 bits per heavy atom. The van der Waals surface area contributed by atoms with Crippen LogP contribution in [0.1, 0.15) is 0 Å². The minimum Gasteiger partial charge on any atom is -0.259 e. The average Bonchev–Trinajstić information content (AvgIpc) is 2.82. The highest BCUT2D eigenvalue weighted by atomic mass is 15.2. The first-order valence-corrected chi connectivity index (χ1v) is 4.78. The van der Waals surface area contributed by atoms with Crippen molar-refractivity contribution >= 4 is 10.8 Å². The third kappa shape index (κ3) is 1.29. The molecule has 0 atom stereocenters. The van der Waals surface area contributed by atoms with Gasteiger partial charge in [-0.1, -0.05) is 42.5 Å². The van der Waals surface area contributed by atoms with Crippen LogP contribution in [-0.4, -0.2) is 15.2 Å². The highest BCUT2D eigenvalue weighted by Gasteiger charge is 2.04. The monoisotopic (exact) mass is 195 g/mol. The molecule has 3 heteroatoms. The number of nitrogens with zero attached hydrogens (tertiary/aromatic N) is 2. The first-order valence-electron chi connectivity index (χ1n) is 4.78. The maximum absolute atomic E-state index is 4.17. The highest BCUT2D eigenvalue weighted by Crippen LogP contribution is 2.25. The molecule has 72 valence electrons. The Balaban J connectivity index is 2.36. The molecule has 0 spiro atoms. The van der Waals surface area contributed by atoms with Gasteiger partial charge in [-0.25, -0.2) is 4.98 Å². The summed E-state index contributed by atoms with van der Waals surface area (Å²) in [6.45, 7) is 0. The van der Waals surface area contributed by atoms with Crippen LogP contribution in [0.2, 0.25) is 0 Å². The number of nitrogens with one attached hydrogen (secondary N) is 1. The van der Waals surface area contributed by atoms with Gasteiger partial charge in [-0.05, 0) is 10.8 Å². The summed E-state index contributed by atoms with van der Waals surface area (Å²) < 4.78 is 0. The molecule has 0 unspecified atom stereocenters. The number of hydrogen-bond donors (Lipinski definition) is 1. The van der Waals surface area contributed by atoms with Crippen molar-refractivity contribution in [1.82, 2.24) is 15.2 Å². The lowest BCUT2D eigenvalue weighted by Crippen LogP contribution is -1.83. The Labute approximate surface area is 86.8 Å². The summed E-state index contributed by atoms with van der Waals surface area (Å²) >= 11 is 0. The fraction of sp³-hybridized carbons (Fsp3) is 0. The minimum absolute atomic E-state index is 0.812. The van der Waals surface area contributed by atoms with Gasteiger partial charge >= 0.3 is 0 Å². The summed E-state index contributed by atoms with van der Waals surface area (Å²) in [5.74, 6) is 0.812. The molecule has 1 heterocycles. The van der Waals surface area contributed by atoms with Crippen molar-refractivity contribution in [3.63, 3.8) is 0 Å². The van der Waals surface area contributed by atoms with Gasteiger partial charge in [-0.3, -0.25) is 5.10 Å². The van der Waals surface area contributed by atoms with Crippen molar-refractivity contribution in [3.8, 4) is 11.4 Å². The van der Waals surface area contributed by atoms with E-state index in [0.29, 0.717) is 0 Å². The Morgan fingerprint density at radius 2 is 1.80 bits per heavy atom. The SMILES string of the molecule is c1ccc2c(-c3ncn[nH]3)cccc2c1. The van der Waals surface area contributed by atoms with Gasteiger partial charge < -0.3 is 0 Å². The molecule has 0 amide bonds. The van der Waals surface area contributed by atoms with E-state index in [-0.39, 0.29) is 0 Å². The second-order valence-corrected chi connectivity index (χ2v) is 3.36. The molecule has 3 nitrogen and oxygen atoms in total. The summed E-state index contributed by atoms with van der Waals surface area (Å²) in [6, 6.07) is 14.4. The predicted octanol–water partition coefficient (Wildman–Crippen LogP) is 2.62. The molecule has 0 saturated heterocycles. The first-order chi connectivity index (χ1) is 7.45. The minimum atomic E-state index is 0.812. The number of benzene rings is 2. The summed E-state index contributed by atoms with van der Waals surface area (Å²) in [6.07, 6.45) is 1.52. The Hall–Kier alpha value is -2.16. The van der Waals surface area contributed by atoms with Crippen molar-refractivity contribution in [2.24, 2.45) is 0 Å². The first kappa shape index (κ1) is 8.17. The predicted molar refractivity (Wildman–Crippen MR) is 59.3 cm³/mol. The number of hydrogen-bond acceptors (Lipinski definition) is 2. The lowest BCUT2D eigenvalue weighted by molar-refractivity contribution is 1.10. The molecule has 1 aromatic heterocycles. The summed E-state index contributed by atoms with van der Waals surface area (Å²) in [5.41, 5.74) is 1.09. The molecule has 0 radical (unpaired) electrons. The quantitative estimate of drug-likeness (QED) is 0.648. The van der Waals surface area contributed by atoms with E-state index in [1.807, 2.05) is 24.3 Å². The number of H-pyrrole nitrogens is 1. The van der Waals surface area contributed by atoms with Crippen molar-refractivity contribution in [1.29, 1.82) is 0 Å². The van der Waals surface area contributed by atoms with Crippen LogP contribution in [0.15, 0.2) is 48.8 Å².